The second-order valence-corrected chi connectivity index (χ2v) is 3.29. The zero-order chi connectivity index (χ0) is 10.1. The first-order chi connectivity index (χ1) is 6.68. The molecule has 0 spiro atoms. The minimum atomic E-state index is 0.394. The molecule has 0 N–H and O–H groups in total. The maximum atomic E-state index is 5.94. The van der Waals surface area contributed by atoms with Crippen molar-refractivity contribution < 1.29 is 4.52 Å². The van der Waals surface area contributed by atoms with E-state index in [1.54, 1.807) is 13.1 Å². The van der Waals surface area contributed by atoms with E-state index in [0.29, 0.717) is 16.9 Å². The monoisotopic (exact) mass is 209 g/mol. The molecular formula is C9H8ClN3O. The fourth-order valence-corrected chi connectivity index (χ4v) is 1.48. The molecular weight excluding hydrogens is 202 g/mol. The number of halogens is 1. The average molecular weight is 210 g/mol. The Labute approximate surface area is 85.9 Å². The number of aryl methyl sites for hydroxylation is 2. The minimum Gasteiger partial charge on any atom is -0.339 e. The van der Waals surface area contributed by atoms with Gasteiger partial charge in [0.25, 0.3) is 0 Å². The Bertz CT molecular complexity index is 447. The van der Waals surface area contributed by atoms with Gasteiger partial charge >= 0.3 is 0 Å². The van der Waals surface area contributed by atoms with Gasteiger partial charge in [-0.15, -0.1) is 0 Å². The van der Waals surface area contributed by atoms with Crippen LogP contribution in [0.1, 0.15) is 11.5 Å². The molecule has 0 fully saturated rings. The molecule has 2 heterocycles. The summed E-state index contributed by atoms with van der Waals surface area (Å²) in [6.45, 7) is 3.66. The highest BCUT2D eigenvalue weighted by Crippen LogP contribution is 2.26. The van der Waals surface area contributed by atoms with Gasteiger partial charge in [-0.2, -0.15) is 4.98 Å². The fourth-order valence-electron chi connectivity index (χ4n) is 1.19. The normalized spacial score (nSPS) is 10.5. The van der Waals surface area contributed by atoms with Crippen LogP contribution in [0.4, 0.5) is 0 Å². The SMILES string of the molecule is Cc1nc(-c2c(C)ccnc2Cl)no1. The third-order valence-corrected chi connectivity index (χ3v) is 2.15. The molecule has 0 radical (unpaired) electrons. The Balaban J connectivity index is 2.61. The van der Waals surface area contributed by atoms with Crippen LogP contribution in [0.3, 0.4) is 0 Å². The quantitative estimate of drug-likeness (QED) is 0.677. The highest BCUT2D eigenvalue weighted by Gasteiger charge is 2.13. The summed E-state index contributed by atoms with van der Waals surface area (Å²) in [5, 5.41) is 4.19. The van der Waals surface area contributed by atoms with E-state index in [4.69, 9.17) is 16.1 Å². The molecule has 72 valence electrons. The Morgan fingerprint density at radius 3 is 2.71 bits per heavy atom. The summed E-state index contributed by atoms with van der Waals surface area (Å²) in [6, 6.07) is 1.85. The van der Waals surface area contributed by atoms with Crippen molar-refractivity contribution in [2.45, 2.75) is 13.8 Å². The molecule has 0 aliphatic heterocycles. The van der Waals surface area contributed by atoms with Crippen molar-refractivity contribution in [2.24, 2.45) is 0 Å². The molecule has 5 heteroatoms. The lowest BCUT2D eigenvalue weighted by Gasteiger charge is -2.00. The molecule has 4 nitrogen and oxygen atoms in total. The van der Waals surface area contributed by atoms with Crippen LogP contribution in [0.25, 0.3) is 11.4 Å². The number of nitrogens with zero attached hydrogens (tertiary/aromatic N) is 3. The lowest BCUT2D eigenvalue weighted by molar-refractivity contribution is 0.394. The Morgan fingerprint density at radius 2 is 2.14 bits per heavy atom. The standard InChI is InChI=1S/C9H8ClN3O/c1-5-3-4-11-8(10)7(5)9-12-6(2)14-13-9/h3-4H,1-2H3. The van der Waals surface area contributed by atoms with Crippen LogP contribution in [0.5, 0.6) is 0 Å². The second-order valence-electron chi connectivity index (χ2n) is 2.93. The van der Waals surface area contributed by atoms with E-state index < -0.39 is 0 Å². The van der Waals surface area contributed by atoms with Crippen LogP contribution in [0.15, 0.2) is 16.8 Å². The first kappa shape index (κ1) is 9.15. The van der Waals surface area contributed by atoms with E-state index in [1.807, 2.05) is 13.0 Å². The molecule has 0 aromatic carbocycles. The zero-order valence-electron chi connectivity index (χ0n) is 7.78. The zero-order valence-corrected chi connectivity index (χ0v) is 8.54. The van der Waals surface area contributed by atoms with Gasteiger partial charge in [-0.1, -0.05) is 16.8 Å². The van der Waals surface area contributed by atoms with Crippen molar-refractivity contribution in [3.05, 3.63) is 28.9 Å². The van der Waals surface area contributed by atoms with Crippen molar-refractivity contribution in [1.29, 1.82) is 0 Å². The summed E-state index contributed by atoms with van der Waals surface area (Å²) >= 11 is 5.94. The molecule has 0 unspecified atom stereocenters. The van der Waals surface area contributed by atoms with Crippen LogP contribution in [0.2, 0.25) is 5.15 Å². The highest BCUT2D eigenvalue weighted by atomic mass is 35.5. The van der Waals surface area contributed by atoms with Crippen LogP contribution < -0.4 is 0 Å². The summed E-state index contributed by atoms with van der Waals surface area (Å²) in [7, 11) is 0. The van der Waals surface area contributed by atoms with Gasteiger partial charge in [-0.05, 0) is 18.6 Å². The summed E-state index contributed by atoms with van der Waals surface area (Å²) in [6.07, 6.45) is 1.65. The predicted octanol–water partition coefficient (Wildman–Crippen LogP) is 2.40. The Hall–Kier alpha value is -1.42. The topological polar surface area (TPSA) is 51.8 Å². The molecule has 2 aromatic rings. The Morgan fingerprint density at radius 1 is 1.36 bits per heavy atom. The fraction of sp³-hybridized carbons (Fsp3) is 0.222. The van der Waals surface area contributed by atoms with Crippen LogP contribution in [0, 0.1) is 13.8 Å². The summed E-state index contributed by atoms with van der Waals surface area (Å²) < 4.78 is 4.88. The molecule has 0 saturated carbocycles. The van der Waals surface area contributed by atoms with Gasteiger partial charge in [0, 0.05) is 13.1 Å². The summed E-state index contributed by atoms with van der Waals surface area (Å²) in [5.74, 6) is 0.998. The molecule has 0 aliphatic rings. The molecule has 0 saturated heterocycles. The molecule has 2 rings (SSSR count). The van der Waals surface area contributed by atoms with E-state index in [0.717, 1.165) is 11.1 Å². The van der Waals surface area contributed by atoms with Crippen molar-refractivity contribution in [1.82, 2.24) is 15.1 Å². The van der Waals surface area contributed by atoms with E-state index in [1.165, 1.54) is 0 Å². The average Bonchev–Trinajstić information content (AvgIpc) is 2.51. The van der Waals surface area contributed by atoms with Crippen LogP contribution in [-0.2, 0) is 0 Å². The van der Waals surface area contributed by atoms with Crippen molar-refractivity contribution in [2.75, 3.05) is 0 Å². The minimum absolute atomic E-state index is 0.394. The van der Waals surface area contributed by atoms with Gasteiger partial charge in [0.15, 0.2) is 0 Å². The third-order valence-electron chi connectivity index (χ3n) is 1.86. The van der Waals surface area contributed by atoms with Crippen molar-refractivity contribution in [3.8, 4) is 11.4 Å². The predicted molar refractivity (Wildman–Crippen MR) is 52.0 cm³/mol. The first-order valence-corrected chi connectivity index (χ1v) is 4.48. The number of pyridine rings is 1. The molecule has 14 heavy (non-hydrogen) atoms. The van der Waals surface area contributed by atoms with Gasteiger partial charge < -0.3 is 4.52 Å². The first-order valence-electron chi connectivity index (χ1n) is 4.10. The van der Waals surface area contributed by atoms with Gasteiger partial charge in [0.1, 0.15) is 5.15 Å². The van der Waals surface area contributed by atoms with E-state index in [9.17, 15) is 0 Å². The number of hydrogen-bond donors (Lipinski definition) is 0. The number of hydrogen-bond acceptors (Lipinski definition) is 4. The van der Waals surface area contributed by atoms with Gasteiger partial charge in [-0.3, -0.25) is 0 Å². The van der Waals surface area contributed by atoms with E-state index >= 15 is 0 Å². The molecule has 2 aromatic heterocycles. The van der Waals surface area contributed by atoms with E-state index in [-0.39, 0.29) is 0 Å². The largest absolute Gasteiger partial charge is 0.339 e. The van der Waals surface area contributed by atoms with E-state index in [2.05, 4.69) is 15.1 Å². The van der Waals surface area contributed by atoms with Gasteiger partial charge in [-0.25, -0.2) is 4.98 Å². The lowest BCUT2D eigenvalue weighted by Crippen LogP contribution is -1.89. The molecule has 0 aliphatic carbocycles. The highest BCUT2D eigenvalue weighted by molar-refractivity contribution is 6.32. The molecule has 0 amide bonds. The lowest BCUT2D eigenvalue weighted by atomic mass is 10.1. The van der Waals surface area contributed by atoms with Crippen molar-refractivity contribution in [3.63, 3.8) is 0 Å². The maximum Gasteiger partial charge on any atom is 0.223 e. The third kappa shape index (κ3) is 1.48. The summed E-state index contributed by atoms with van der Waals surface area (Å²) in [4.78, 5) is 8.07. The smallest absolute Gasteiger partial charge is 0.223 e. The van der Waals surface area contributed by atoms with Crippen LogP contribution >= 0.6 is 11.6 Å². The maximum absolute atomic E-state index is 5.94. The summed E-state index contributed by atoms with van der Waals surface area (Å²) in [5.41, 5.74) is 1.71. The van der Waals surface area contributed by atoms with Crippen LogP contribution in [-0.4, -0.2) is 15.1 Å². The van der Waals surface area contributed by atoms with Gasteiger partial charge in [0.05, 0.1) is 5.56 Å². The second kappa shape index (κ2) is 3.38. The Kier molecular flexibility index (Phi) is 2.21. The number of aromatic nitrogens is 3. The number of rotatable bonds is 1. The molecule has 0 bridgehead atoms. The molecule has 0 atom stereocenters. The van der Waals surface area contributed by atoms with Crippen molar-refractivity contribution >= 4 is 11.6 Å². The van der Waals surface area contributed by atoms with Gasteiger partial charge in [0.2, 0.25) is 11.7 Å².